The number of rotatable bonds is 7. The summed E-state index contributed by atoms with van der Waals surface area (Å²) in [4.78, 5) is 13.1. The van der Waals surface area contributed by atoms with Gasteiger partial charge < -0.3 is 19.1 Å². The Morgan fingerprint density at radius 2 is 2.00 bits per heavy atom. The van der Waals surface area contributed by atoms with Gasteiger partial charge in [-0.1, -0.05) is 13.0 Å². The van der Waals surface area contributed by atoms with Crippen LogP contribution in [0.2, 0.25) is 0 Å². The number of methoxy groups -OCH3 is 1. The van der Waals surface area contributed by atoms with Gasteiger partial charge >= 0.3 is 0 Å². The Kier molecular flexibility index (Phi) is 5.32. The maximum Gasteiger partial charge on any atom is 0.242 e. The Morgan fingerprint density at radius 1 is 1.18 bits per heavy atom. The molecule has 3 aliphatic rings. The first-order valence-electron chi connectivity index (χ1n) is 9.92. The molecule has 4 rings (SSSR count). The van der Waals surface area contributed by atoms with Crippen LogP contribution >= 0.6 is 0 Å². The van der Waals surface area contributed by atoms with Crippen LogP contribution < -0.4 is 9.47 Å². The van der Waals surface area contributed by atoms with E-state index in [1.54, 1.807) is 13.4 Å². The number of aromatic hydroxyl groups is 1. The number of nitrogens with zero attached hydrogens (tertiary/aromatic N) is 4. The highest BCUT2D eigenvalue weighted by molar-refractivity contribution is 5.58. The third kappa shape index (κ3) is 3.74. The molecule has 0 unspecified atom stereocenters. The van der Waals surface area contributed by atoms with Crippen LogP contribution in [0, 0.1) is 0 Å². The van der Waals surface area contributed by atoms with Gasteiger partial charge in [-0.15, -0.1) is 0 Å². The largest absolute Gasteiger partial charge is 0.493 e. The standard InChI is InChI=1S/C21H26N4O3/c1-3-6-18-23-19-20(24-18)25(13-22-21(19)26)12-14-9-10-16(27-2)17(11-14)28-15-7-4-5-8-15/h9-11,13,15,26H,3-8,12H2,1-2H3. The van der Waals surface area contributed by atoms with E-state index in [1.165, 1.54) is 12.8 Å². The minimum atomic E-state index is -0.0823. The SMILES string of the molecule is CCCc1nc2c(O)ncn(Cc3ccc(OC)c(OC4CCCC4)c3)c-2n1. The topological polar surface area (TPSA) is 82.3 Å². The number of hydrogen-bond acceptors (Lipinski definition) is 6. The minimum Gasteiger partial charge on any atom is -0.493 e. The zero-order valence-electron chi connectivity index (χ0n) is 16.4. The van der Waals surface area contributed by atoms with Crippen LogP contribution in [0.4, 0.5) is 0 Å². The highest BCUT2D eigenvalue weighted by Gasteiger charge is 2.21. The van der Waals surface area contributed by atoms with E-state index in [2.05, 4.69) is 21.9 Å². The van der Waals surface area contributed by atoms with Crippen LogP contribution in [-0.2, 0) is 13.0 Å². The summed E-state index contributed by atoms with van der Waals surface area (Å²) in [5.74, 6) is 2.81. The summed E-state index contributed by atoms with van der Waals surface area (Å²) in [6.07, 6.45) is 8.20. The fraction of sp³-hybridized carbons (Fsp3) is 0.476. The molecule has 0 aromatic heterocycles. The quantitative estimate of drug-likeness (QED) is 0.669. The molecule has 2 aliphatic heterocycles. The van der Waals surface area contributed by atoms with Gasteiger partial charge in [-0.25, -0.2) is 15.0 Å². The molecule has 1 aromatic carbocycles. The van der Waals surface area contributed by atoms with Gasteiger partial charge in [0.1, 0.15) is 12.2 Å². The average molecular weight is 382 g/mol. The lowest BCUT2D eigenvalue weighted by atomic mass is 10.2. The Bertz CT molecular complexity index is 918. The van der Waals surface area contributed by atoms with Crippen LogP contribution in [0.25, 0.3) is 11.5 Å². The Balaban J connectivity index is 1.62. The molecule has 0 bridgehead atoms. The van der Waals surface area contributed by atoms with Crippen molar-refractivity contribution in [2.24, 2.45) is 0 Å². The van der Waals surface area contributed by atoms with Crippen molar-refractivity contribution in [3.63, 3.8) is 0 Å². The number of imidazole rings is 1. The minimum absolute atomic E-state index is 0.0823. The first kappa shape index (κ1) is 18.5. The Hall–Kier alpha value is -2.83. The number of fused-ring (bicyclic) bond motifs is 1. The molecular formula is C21H26N4O3. The second-order valence-corrected chi connectivity index (χ2v) is 7.27. The molecule has 148 valence electrons. The molecule has 0 radical (unpaired) electrons. The number of aryl methyl sites for hydroxylation is 1. The second kappa shape index (κ2) is 8.04. The predicted molar refractivity (Wildman–Crippen MR) is 105 cm³/mol. The molecule has 28 heavy (non-hydrogen) atoms. The third-order valence-electron chi connectivity index (χ3n) is 5.14. The number of benzene rings is 1. The molecule has 0 spiro atoms. The third-order valence-corrected chi connectivity index (χ3v) is 5.14. The van der Waals surface area contributed by atoms with Crippen LogP contribution in [-0.4, -0.2) is 37.8 Å². The molecule has 0 atom stereocenters. The summed E-state index contributed by atoms with van der Waals surface area (Å²) in [5.41, 5.74) is 1.49. The lowest BCUT2D eigenvalue weighted by Gasteiger charge is -2.17. The fourth-order valence-corrected chi connectivity index (χ4v) is 3.71. The Morgan fingerprint density at radius 3 is 2.75 bits per heavy atom. The van der Waals surface area contributed by atoms with E-state index in [1.807, 2.05) is 22.8 Å². The fourth-order valence-electron chi connectivity index (χ4n) is 3.71. The van der Waals surface area contributed by atoms with Crippen molar-refractivity contribution in [1.82, 2.24) is 19.5 Å². The second-order valence-electron chi connectivity index (χ2n) is 7.27. The summed E-state index contributed by atoms with van der Waals surface area (Å²) >= 11 is 0. The monoisotopic (exact) mass is 382 g/mol. The maximum atomic E-state index is 10.1. The predicted octanol–water partition coefficient (Wildman–Crippen LogP) is 3.81. The first-order chi connectivity index (χ1) is 13.7. The summed E-state index contributed by atoms with van der Waals surface area (Å²) in [7, 11) is 1.66. The summed E-state index contributed by atoms with van der Waals surface area (Å²) < 4.78 is 13.6. The summed E-state index contributed by atoms with van der Waals surface area (Å²) in [6, 6.07) is 5.96. The van der Waals surface area contributed by atoms with Crippen LogP contribution in [0.15, 0.2) is 24.5 Å². The van der Waals surface area contributed by atoms with Crippen molar-refractivity contribution in [1.29, 1.82) is 0 Å². The van der Waals surface area contributed by atoms with Crippen molar-refractivity contribution in [2.45, 2.75) is 58.1 Å². The lowest BCUT2D eigenvalue weighted by molar-refractivity contribution is 0.200. The van der Waals surface area contributed by atoms with Crippen molar-refractivity contribution in [3.05, 3.63) is 35.9 Å². The van der Waals surface area contributed by atoms with Crippen molar-refractivity contribution < 1.29 is 14.6 Å². The molecule has 1 saturated carbocycles. The maximum absolute atomic E-state index is 10.1. The highest BCUT2D eigenvalue weighted by atomic mass is 16.5. The molecule has 1 aromatic rings. The van der Waals surface area contributed by atoms with E-state index in [-0.39, 0.29) is 12.0 Å². The van der Waals surface area contributed by atoms with Gasteiger partial charge in [0.15, 0.2) is 23.0 Å². The van der Waals surface area contributed by atoms with E-state index in [0.29, 0.717) is 18.1 Å². The number of ether oxygens (including phenoxy) is 2. The lowest BCUT2D eigenvalue weighted by Crippen LogP contribution is -2.12. The highest BCUT2D eigenvalue weighted by Crippen LogP contribution is 2.33. The molecule has 7 nitrogen and oxygen atoms in total. The van der Waals surface area contributed by atoms with E-state index in [9.17, 15) is 5.11 Å². The molecule has 0 saturated heterocycles. The molecule has 0 amide bonds. The zero-order valence-corrected chi connectivity index (χ0v) is 16.4. The Labute approximate surface area is 164 Å². The van der Waals surface area contributed by atoms with Crippen molar-refractivity contribution in [3.8, 4) is 28.9 Å². The van der Waals surface area contributed by atoms with E-state index >= 15 is 0 Å². The molecule has 1 aliphatic carbocycles. The average Bonchev–Trinajstić information content (AvgIpc) is 3.35. The van der Waals surface area contributed by atoms with Crippen LogP contribution in [0.1, 0.15) is 50.4 Å². The number of aromatic nitrogens is 4. The molecule has 1 fully saturated rings. The summed E-state index contributed by atoms with van der Waals surface area (Å²) in [5, 5.41) is 10.1. The summed E-state index contributed by atoms with van der Waals surface area (Å²) in [6.45, 7) is 2.63. The molecule has 1 N–H and O–H groups in total. The normalized spacial score (nSPS) is 14.6. The molecule has 7 heteroatoms. The van der Waals surface area contributed by atoms with Gasteiger partial charge in [0.2, 0.25) is 5.88 Å². The van der Waals surface area contributed by atoms with E-state index in [4.69, 9.17) is 9.47 Å². The smallest absolute Gasteiger partial charge is 0.242 e. The number of hydrogen-bond donors (Lipinski definition) is 1. The van der Waals surface area contributed by atoms with E-state index < -0.39 is 0 Å². The van der Waals surface area contributed by atoms with Gasteiger partial charge in [-0.05, 0) is 49.8 Å². The van der Waals surface area contributed by atoms with E-state index in [0.717, 1.165) is 48.6 Å². The van der Waals surface area contributed by atoms with Crippen molar-refractivity contribution >= 4 is 0 Å². The first-order valence-corrected chi connectivity index (χ1v) is 9.92. The van der Waals surface area contributed by atoms with Crippen LogP contribution in [0.5, 0.6) is 17.4 Å². The van der Waals surface area contributed by atoms with Gasteiger partial charge in [-0.2, -0.15) is 0 Å². The van der Waals surface area contributed by atoms with Gasteiger partial charge in [0, 0.05) is 6.42 Å². The van der Waals surface area contributed by atoms with Crippen molar-refractivity contribution in [2.75, 3.05) is 7.11 Å². The van der Waals surface area contributed by atoms with Crippen LogP contribution in [0.3, 0.4) is 0 Å². The zero-order chi connectivity index (χ0) is 19.5. The van der Waals surface area contributed by atoms with Gasteiger partial charge in [-0.3, -0.25) is 0 Å². The van der Waals surface area contributed by atoms with Gasteiger partial charge in [0.05, 0.1) is 19.8 Å². The molecular weight excluding hydrogens is 356 g/mol. The molecule has 2 heterocycles. The van der Waals surface area contributed by atoms with Gasteiger partial charge in [0.25, 0.3) is 0 Å².